The molecule has 21 heavy (non-hydrogen) atoms. The van der Waals surface area contributed by atoms with E-state index in [-0.39, 0.29) is 5.76 Å². The zero-order chi connectivity index (χ0) is 16.6. The number of hydrogen-bond donors (Lipinski definition) is 0. The highest BCUT2D eigenvalue weighted by molar-refractivity contribution is 8.13. The van der Waals surface area contributed by atoms with Crippen molar-refractivity contribution in [3.8, 4) is 0 Å². The van der Waals surface area contributed by atoms with Crippen LogP contribution in [-0.2, 0) is 9.05 Å². The Labute approximate surface area is 124 Å². The second-order valence-electron chi connectivity index (χ2n) is 4.61. The molecule has 0 aliphatic carbocycles. The van der Waals surface area contributed by atoms with Crippen molar-refractivity contribution in [1.29, 1.82) is 0 Å². The van der Waals surface area contributed by atoms with E-state index in [9.17, 15) is 26.4 Å². The van der Waals surface area contributed by atoms with E-state index >= 15 is 0 Å². The van der Waals surface area contributed by atoms with E-state index < -0.39 is 44.4 Å². The van der Waals surface area contributed by atoms with E-state index in [4.69, 9.17) is 15.1 Å². The Hall–Kier alpha value is -1.22. The van der Waals surface area contributed by atoms with Crippen LogP contribution < -0.4 is 0 Å². The lowest BCUT2D eigenvalue weighted by molar-refractivity contribution is -0.143. The van der Waals surface area contributed by atoms with Crippen molar-refractivity contribution in [1.82, 2.24) is 4.90 Å². The van der Waals surface area contributed by atoms with Gasteiger partial charge in [0.05, 0.1) is 0 Å². The topological polar surface area (TPSA) is 67.6 Å². The van der Waals surface area contributed by atoms with Gasteiger partial charge in [-0.25, -0.2) is 8.42 Å². The summed E-state index contributed by atoms with van der Waals surface area (Å²) in [5.74, 6) is -1.73. The minimum absolute atomic E-state index is 0.163. The molecule has 1 aromatic heterocycles. The Kier molecular flexibility index (Phi) is 4.99. The molecule has 0 bridgehead atoms. The Morgan fingerprint density at radius 1 is 1.43 bits per heavy atom. The zero-order valence-electron chi connectivity index (χ0n) is 11.4. The van der Waals surface area contributed by atoms with Crippen molar-refractivity contribution in [2.24, 2.45) is 0 Å². The quantitative estimate of drug-likeness (QED) is 0.785. The molecule has 0 aromatic carbocycles. The highest BCUT2D eigenvalue weighted by atomic mass is 35.7. The van der Waals surface area contributed by atoms with Crippen LogP contribution in [0.15, 0.2) is 15.4 Å². The molecule has 0 N–H and O–H groups in total. The van der Waals surface area contributed by atoms with Crippen LogP contribution in [0.25, 0.3) is 0 Å². The second-order valence-corrected chi connectivity index (χ2v) is 7.15. The van der Waals surface area contributed by atoms with Gasteiger partial charge >= 0.3 is 6.18 Å². The van der Waals surface area contributed by atoms with Crippen LogP contribution in [0.5, 0.6) is 0 Å². The third-order valence-corrected chi connectivity index (χ3v) is 4.01. The summed E-state index contributed by atoms with van der Waals surface area (Å²) in [6, 6.07) is 0.0757. The highest BCUT2D eigenvalue weighted by Crippen LogP contribution is 2.26. The molecule has 0 saturated heterocycles. The van der Waals surface area contributed by atoms with Gasteiger partial charge in [-0.2, -0.15) is 13.2 Å². The molecule has 0 unspecified atom stereocenters. The summed E-state index contributed by atoms with van der Waals surface area (Å²) in [5, 5.41) is 0. The van der Waals surface area contributed by atoms with Crippen molar-refractivity contribution in [3.05, 3.63) is 17.6 Å². The number of carbonyl (C=O) groups excluding carboxylic acids is 1. The number of carbonyl (C=O) groups is 1. The first-order valence-electron chi connectivity index (χ1n) is 5.75. The largest absolute Gasteiger partial charge is 0.455 e. The lowest BCUT2D eigenvalue weighted by atomic mass is 10.2. The number of halogens is 4. The first kappa shape index (κ1) is 17.8. The molecule has 0 aliphatic heterocycles. The van der Waals surface area contributed by atoms with E-state index in [1.54, 1.807) is 0 Å². The fourth-order valence-electron chi connectivity index (χ4n) is 1.64. The minimum Gasteiger partial charge on any atom is -0.455 e. The molecule has 0 spiro atoms. The normalized spacial score (nSPS) is 12.8. The summed E-state index contributed by atoms with van der Waals surface area (Å²) in [7, 11) is 0.996. The standard InChI is InChI=1S/C11H13ClF3NO4S/c1-6(2)16(5-11(13,14)15)10(17)8-4-9(7(3)20-8)21(12,18)19/h4,6H,5H2,1-3H3. The van der Waals surface area contributed by atoms with Gasteiger partial charge in [0.1, 0.15) is 17.2 Å². The Bertz CT molecular complexity index is 636. The molecule has 1 amide bonds. The molecule has 1 rings (SSSR count). The average molecular weight is 348 g/mol. The van der Waals surface area contributed by atoms with Gasteiger partial charge in [-0.05, 0) is 20.8 Å². The van der Waals surface area contributed by atoms with Gasteiger partial charge in [0, 0.05) is 22.8 Å². The van der Waals surface area contributed by atoms with E-state index in [2.05, 4.69) is 0 Å². The molecule has 5 nitrogen and oxygen atoms in total. The lowest BCUT2D eigenvalue weighted by Crippen LogP contribution is -2.43. The number of aryl methyl sites for hydroxylation is 1. The maximum absolute atomic E-state index is 12.5. The van der Waals surface area contributed by atoms with Gasteiger partial charge < -0.3 is 9.32 Å². The SMILES string of the molecule is Cc1oc(C(=O)N(CC(F)(F)F)C(C)C)cc1S(=O)(=O)Cl. The third kappa shape index (κ3) is 4.63. The maximum Gasteiger partial charge on any atom is 0.406 e. The number of hydrogen-bond acceptors (Lipinski definition) is 4. The summed E-state index contributed by atoms with van der Waals surface area (Å²) < 4.78 is 64.8. The molecular formula is C11H13ClF3NO4S. The average Bonchev–Trinajstić information content (AvgIpc) is 2.65. The number of amides is 1. The fraction of sp³-hybridized carbons (Fsp3) is 0.545. The van der Waals surface area contributed by atoms with Gasteiger partial charge in [0.25, 0.3) is 15.0 Å². The molecule has 0 aliphatic rings. The molecule has 10 heteroatoms. The second kappa shape index (κ2) is 5.88. The number of nitrogens with zero attached hydrogens (tertiary/aromatic N) is 1. The molecule has 0 saturated carbocycles. The number of rotatable bonds is 4. The van der Waals surface area contributed by atoms with Gasteiger partial charge in [-0.3, -0.25) is 4.79 Å². The summed E-state index contributed by atoms with van der Waals surface area (Å²) in [6.07, 6.45) is -4.58. The Morgan fingerprint density at radius 2 is 1.95 bits per heavy atom. The van der Waals surface area contributed by atoms with Crippen LogP contribution in [0.2, 0.25) is 0 Å². The molecular weight excluding hydrogens is 335 g/mol. The minimum atomic E-state index is -4.58. The predicted octanol–water partition coefficient (Wildman–Crippen LogP) is 2.93. The molecule has 0 atom stereocenters. The van der Waals surface area contributed by atoms with Crippen molar-refractivity contribution < 1.29 is 30.8 Å². The van der Waals surface area contributed by atoms with E-state index in [1.807, 2.05) is 0 Å². The highest BCUT2D eigenvalue weighted by Gasteiger charge is 2.36. The first-order valence-corrected chi connectivity index (χ1v) is 8.06. The van der Waals surface area contributed by atoms with E-state index in [0.717, 1.165) is 6.07 Å². The van der Waals surface area contributed by atoms with Crippen molar-refractivity contribution in [2.45, 2.75) is 37.9 Å². The van der Waals surface area contributed by atoms with Gasteiger partial charge in [-0.15, -0.1) is 0 Å². The zero-order valence-corrected chi connectivity index (χ0v) is 12.9. The van der Waals surface area contributed by atoms with E-state index in [0.29, 0.717) is 4.90 Å². The summed E-state index contributed by atoms with van der Waals surface area (Å²) in [6.45, 7) is 2.58. The number of alkyl halides is 3. The monoisotopic (exact) mass is 347 g/mol. The van der Waals surface area contributed by atoms with Crippen LogP contribution in [0, 0.1) is 6.92 Å². The van der Waals surface area contributed by atoms with E-state index in [1.165, 1.54) is 20.8 Å². The molecule has 120 valence electrons. The first-order chi connectivity index (χ1) is 9.33. The van der Waals surface area contributed by atoms with Crippen molar-refractivity contribution in [2.75, 3.05) is 6.54 Å². The third-order valence-electron chi connectivity index (χ3n) is 2.58. The smallest absolute Gasteiger partial charge is 0.406 e. The van der Waals surface area contributed by atoms with Crippen LogP contribution >= 0.6 is 10.7 Å². The molecule has 1 heterocycles. The van der Waals surface area contributed by atoms with Crippen LogP contribution in [-0.4, -0.2) is 38.0 Å². The van der Waals surface area contributed by atoms with Gasteiger partial charge in [-0.1, -0.05) is 0 Å². The molecule has 0 fully saturated rings. The summed E-state index contributed by atoms with van der Waals surface area (Å²) in [4.78, 5) is 12.1. The fourth-order valence-corrected chi connectivity index (χ4v) is 2.73. The van der Waals surface area contributed by atoms with Crippen molar-refractivity contribution >= 4 is 25.6 Å². The maximum atomic E-state index is 12.5. The van der Waals surface area contributed by atoms with Gasteiger partial charge in [0.15, 0.2) is 5.76 Å². The summed E-state index contributed by atoms with van der Waals surface area (Å²) >= 11 is 0. The van der Waals surface area contributed by atoms with Crippen LogP contribution in [0.4, 0.5) is 13.2 Å². The Morgan fingerprint density at radius 3 is 2.29 bits per heavy atom. The molecule has 1 aromatic rings. The summed E-state index contributed by atoms with van der Waals surface area (Å²) in [5.41, 5.74) is 0. The van der Waals surface area contributed by atoms with Crippen LogP contribution in [0.3, 0.4) is 0 Å². The van der Waals surface area contributed by atoms with Crippen LogP contribution in [0.1, 0.15) is 30.2 Å². The Balaban J connectivity index is 3.17. The lowest BCUT2D eigenvalue weighted by Gasteiger charge is -2.26. The van der Waals surface area contributed by atoms with Gasteiger partial charge in [0.2, 0.25) is 0 Å². The van der Waals surface area contributed by atoms with Crippen molar-refractivity contribution in [3.63, 3.8) is 0 Å². The molecule has 0 radical (unpaired) electrons. The number of furan rings is 1. The predicted molar refractivity (Wildman–Crippen MR) is 68.7 cm³/mol.